The molecule has 0 amide bonds. The Morgan fingerprint density at radius 1 is 0.643 bits per heavy atom. The van der Waals surface area contributed by atoms with Crippen LogP contribution in [0.2, 0.25) is 0 Å². The second-order valence-electron chi connectivity index (χ2n) is 11.3. The Morgan fingerprint density at radius 3 is 1.55 bits per heavy atom. The molecule has 224 valence electrons. The van der Waals surface area contributed by atoms with Crippen molar-refractivity contribution in [2.75, 3.05) is 0 Å². The second-order valence-corrected chi connectivity index (χ2v) is 11.3. The Labute approximate surface area is 253 Å². The topological polar surface area (TPSA) is 52.6 Å². The summed E-state index contributed by atoms with van der Waals surface area (Å²) in [5.41, 5.74) is 6.18. The molecule has 0 radical (unpaired) electrons. The second kappa shape index (κ2) is 17.3. The molecule has 0 bridgehead atoms. The monoisotopic (exact) mass is 568 g/mol. The summed E-state index contributed by atoms with van der Waals surface area (Å²) in [5, 5.41) is 0. The van der Waals surface area contributed by atoms with Gasteiger partial charge in [-0.1, -0.05) is 101 Å². The third kappa shape index (κ3) is 10.0. The predicted octanol–water partition coefficient (Wildman–Crippen LogP) is 10.7. The minimum Gasteiger partial charge on any atom is -0.459 e. The summed E-state index contributed by atoms with van der Waals surface area (Å²) in [6.45, 7) is 12.3. The highest BCUT2D eigenvalue weighted by Gasteiger charge is 2.14. The van der Waals surface area contributed by atoms with Crippen LogP contribution in [0.3, 0.4) is 0 Å². The molecule has 0 heterocycles. The molecule has 3 aromatic rings. The number of esters is 2. The van der Waals surface area contributed by atoms with Gasteiger partial charge in [0.1, 0.15) is 0 Å². The maximum absolute atomic E-state index is 12.6. The van der Waals surface area contributed by atoms with E-state index in [4.69, 9.17) is 9.47 Å². The van der Waals surface area contributed by atoms with E-state index in [-0.39, 0.29) is 24.1 Å². The first kappa shape index (κ1) is 32.8. The number of unbranched alkanes of at least 4 members (excludes halogenated alkanes) is 6. The van der Waals surface area contributed by atoms with E-state index in [1.807, 2.05) is 68.5 Å². The van der Waals surface area contributed by atoms with Gasteiger partial charge in [-0.05, 0) is 97.7 Å². The zero-order valence-electron chi connectivity index (χ0n) is 26.0. The third-order valence-electron chi connectivity index (χ3n) is 7.70. The molecule has 42 heavy (non-hydrogen) atoms. The molecule has 3 rings (SSSR count). The highest BCUT2D eigenvalue weighted by Crippen LogP contribution is 2.30. The number of rotatable bonds is 17. The zero-order valence-corrected chi connectivity index (χ0v) is 26.0. The lowest BCUT2D eigenvalue weighted by molar-refractivity contribution is 0.0309. The number of ether oxygens (including phenoxy) is 2. The smallest absolute Gasteiger partial charge is 0.338 e. The van der Waals surface area contributed by atoms with Crippen molar-refractivity contribution in [3.8, 4) is 22.3 Å². The van der Waals surface area contributed by atoms with Gasteiger partial charge in [0, 0.05) is 0 Å². The molecule has 3 aromatic carbocycles. The lowest BCUT2D eigenvalue weighted by atomic mass is 9.94. The molecule has 4 heteroatoms. The first-order valence-electron chi connectivity index (χ1n) is 15.8. The van der Waals surface area contributed by atoms with Gasteiger partial charge in [0.2, 0.25) is 0 Å². The Kier molecular flexibility index (Phi) is 13.6. The van der Waals surface area contributed by atoms with Crippen molar-refractivity contribution in [1.82, 2.24) is 0 Å². The minimum absolute atomic E-state index is 0.0830. The summed E-state index contributed by atoms with van der Waals surface area (Å²) < 4.78 is 11.3. The number of hydrogen-bond acceptors (Lipinski definition) is 4. The van der Waals surface area contributed by atoms with E-state index >= 15 is 0 Å². The molecule has 0 saturated heterocycles. The Bertz CT molecular complexity index is 1270. The van der Waals surface area contributed by atoms with Gasteiger partial charge in [-0.2, -0.15) is 0 Å². The summed E-state index contributed by atoms with van der Waals surface area (Å²) in [6.07, 6.45) is 12.8. The van der Waals surface area contributed by atoms with Gasteiger partial charge in [0.15, 0.2) is 0 Å². The molecule has 0 saturated carbocycles. The van der Waals surface area contributed by atoms with E-state index in [2.05, 4.69) is 38.6 Å². The summed E-state index contributed by atoms with van der Waals surface area (Å²) in [7, 11) is 0. The van der Waals surface area contributed by atoms with Crippen molar-refractivity contribution < 1.29 is 19.1 Å². The van der Waals surface area contributed by atoms with Crippen LogP contribution in [0.4, 0.5) is 0 Å². The van der Waals surface area contributed by atoms with Gasteiger partial charge in [0.25, 0.3) is 0 Å². The van der Waals surface area contributed by atoms with E-state index in [0.717, 1.165) is 53.5 Å². The largest absolute Gasteiger partial charge is 0.459 e. The lowest BCUT2D eigenvalue weighted by Crippen LogP contribution is -2.15. The molecule has 4 nitrogen and oxygen atoms in total. The first-order chi connectivity index (χ1) is 20.4. The van der Waals surface area contributed by atoms with Gasteiger partial charge in [-0.25, -0.2) is 9.59 Å². The molecule has 0 N–H and O–H groups in total. The van der Waals surface area contributed by atoms with E-state index in [0.29, 0.717) is 11.1 Å². The molecule has 0 fully saturated rings. The van der Waals surface area contributed by atoms with Crippen LogP contribution in [0.25, 0.3) is 28.3 Å². The van der Waals surface area contributed by atoms with Crippen LogP contribution in [0.1, 0.15) is 118 Å². The Balaban J connectivity index is 1.63. The van der Waals surface area contributed by atoms with Crippen LogP contribution in [0, 0.1) is 0 Å². The van der Waals surface area contributed by atoms with Crippen molar-refractivity contribution in [3.63, 3.8) is 0 Å². The zero-order chi connectivity index (χ0) is 30.3. The maximum Gasteiger partial charge on any atom is 0.338 e. The van der Waals surface area contributed by atoms with Crippen LogP contribution < -0.4 is 0 Å². The number of hydrogen-bond donors (Lipinski definition) is 0. The summed E-state index contributed by atoms with van der Waals surface area (Å²) in [4.78, 5) is 25.2. The van der Waals surface area contributed by atoms with Gasteiger partial charge in [-0.3, -0.25) is 0 Å². The summed E-state index contributed by atoms with van der Waals surface area (Å²) >= 11 is 0. The SMILES string of the molecule is C=Cc1cc(-c2ccc(C(=O)O[C@H](C)CCCCCC)cc2)ccc1-c1ccc(C(=O)O[C@H](C)CCCCCC)cc1. The average molecular weight is 569 g/mol. The summed E-state index contributed by atoms with van der Waals surface area (Å²) in [5.74, 6) is -0.557. The van der Waals surface area contributed by atoms with Crippen molar-refractivity contribution in [2.24, 2.45) is 0 Å². The fraction of sp³-hybridized carbons (Fsp3) is 0.421. The van der Waals surface area contributed by atoms with Crippen molar-refractivity contribution in [3.05, 3.63) is 90.0 Å². The van der Waals surface area contributed by atoms with Gasteiger partial charge in [0.05, 0.1) is 23.3 Å². The molecular weight excluding hydrogens is 520 g/mol. The standard InChI is InChI=1S/C38H48O4/c1-6-9-11-13-15-28(4)41-37(39)33-21-17-31(18-22-33)35-25-26-36(30(8-3)27-35)32-19-23-34(24-20-32)38(40)42-29(5)16-14-12-10-7-2/h8,17-29H,3,6-7,9-16H2,1-2,4-5H3/t28-,29-/m1/s1. The lowest BCUT2D eigenvalue weighted by Gasteiger charge is -2.14. The molecule has 0 aromatic heterocycles. The highest BCUT2D eigenvalue weighted by atomic mass is 16.5. The van der Waals surface area contributed by atoms with Crippen molar-refractivity contribution in [2.45, 2.75) is 104 Å². The normalized spacial score (nSPS) is 12.4. The molecule has 0 spiro atoms. The van der Waals surface area contributed by atoms with E-state index in [1.165, 1.54) is 38.5 Å². The quantitative estimate of drug-likeness (QED) is 0.120. The number of benzene rings is 3. The number of carbonyl (C=O) groups is 2. The van der Waals surface area contributed by atoms with Gasteiger partial charge < -0.3 is 9.47 Å². The molecular formula is C38H48O4. The predicted molar refractivity (Wildman–Crippen MR) is 175 cm³/mol. The van der Waals surface area contributed by atoms with Crippen LogP contribution >= 0.6 is 0 Å². The average Bonchev–Trinajstić information content (AvgIpc) is 3.01. The molecule has 0 aliphatic heterocycles. The van der Waals surface area contributed by atoms with E-state index < -0.39 is 0 Å². The molecule has 2 atom stereocenters. The fourth-order valence-electron chi connectivity index (χ4n) is 5.10. The summed E-state index contributed by atoms with van der Waals surface area (Å²) in [6, 6.07) is 21.3. The maximum atomic E-state index is 12.6. The Hall–Kier alpha value is -3.66. The fourth-order valence-corrected chi connectivity index (χ4v) is 5.10. The van der Waals surface area contributed by atoms with Crippen molar-refractivity contribution in [1.29, 1.82) is 0 Å². The Morgan fingerprint density at radius 2 is 1.10 bits per heavy atom. The molecule has 0 aliphatic rings. The third-order valence-corrected chi connectivity index (χ3v) is 7.70. The van der Waals surface area contributed by atoms with Gasteiger partial charge >= 0.3 is 11.9 Å². The molecule has 0 unspecified atom stereocenters. The van der Waals surface area contributed by atoms with Crippen LogP contribution in [0.5, 0.6) is 0 Å². The van der Waals surface area contributed by atoms with Crippen LogP contribution in [0.15, 0.2) is 73.3 Å². The van der Waals surface area contributed by atoms with Gasteiger partial charge in [-0.15, -0.1) is 0 Å². The highest BCUT2D eigenvalue weighted by molar-refractivity contribution is 5.91. The van der Waals surface area contributed by atoms with Crippen LogP contribution in [-0.2, 0) is 9.47 Å². The van der Waals surface area contributed by atoms with Crippen molar-refractivity contribution >= 4 is 18.0 Å². The van der Waals surface area contributed by atoms with E-state index in [1.54, 1.807) is 0 Å². The van der Waals surface area contributed by atoms with E-state index in [9.17, 15) is 9.59 Å². The molecule has 0 aliphatic carbocycles. The number of carbonyl (C=O) groups excluding carboxylic acids is 2. The van der Waals surface area contributed by atoms with Crippen LogP contribution in [-0.4, -0.2) is 24.1 Å². The minimum atomic E-state index is -0.280. The first-order valence-corrected chi connectivity index (χ1v) is 15.8.